The highest BCUT2D eigenvalue weighted by molar-refractivity contribution is 7.19. The lowest BCUT2D eigenvalue weighted by Gasteiger charge is -2.27. The quantitative estimate of drug-likeness (QED) is 0.681. The average Bonchev–Trinajstić information content (AvgIpc) is 3.04. The van der Waals surface area contributed by atoms with E-state index >= 15 is 0 Å². The van der Waals surface area contributed by atoms with Crippen LogP contribution in [0.5, 0.6) is 0 Å². The predicted octanol–water partition coefficient (Wildman–Crippen LogP) is 4.98. The number of rotatable bonds is 5. The summed E-state index contributed by atoms with van der Waals surface area (Å²) in [5.74, 6) is 0.00976. The van der Waals surface area contributed by atoms with Crippen molar-refractivity contribution < 1.29 is 4.79 Å². The summed E-state index contributed by atoms with van der Waals surface area (Å²) in [6.07, 6.45) is 5.38. The SMILES string of the molecule is CCN1CC=Cc2c1ccc1sc(Cc3ccccc3)c(CNC(C)=O)c21. The van der Waals surface area contributed by atoms with E-state index in [1.54, 1.807) is 6.92 Å². The molecule has 1 N–H and O–H groups in total. The molecule has 0 radical (unpaired) electrons. The molecule has 138 valence electrons. The van der Waals surface area contributed by atoms with Crippen molar-refractivity contribution in [1.82, 2.24) is 5.32 Å². The van der Waals surface area contributed by atoms with Crippen LogP contribution >= 0.6 is 11.3 Å². The van der Waals surface area contributed by atoms with Crippen molar-refractivity contribution in [2.75, 3.05) is 18.0 Å². The van der Waals surface area contributed by atoms with Crippen molar-refractivity contribution in [3.63, 3.8) is 0 Å². The van der Waals surface area contributed by atoms with E-state index < -0.39 is 0 Å². The number of amides is 1. The van der Waals surface area contributed by atoms with Gasteiger partial charge in [0.05, 0.1) is 0 Å². The Morgan fingerprint density at radius 2 is 2.00 bits per heavy atom. The number of benzene rings is 2. The second-order valence-corrected chi connectivity index (χ2v) is 8.03. The zero-order valence-corrected chi connectivity index (χ0v) is 16.6. The molecule has 27 heavy (non-hydrogen) atoms. The van der Waals surface area contributed by atoms with Gasteiger partial charge in [-0.1, -0.05) is 42.5 Å². The molecule has 1 aromatic heterocycles. The van der Waals surface area contributed by atoms with Gasteiger partial charge in [0.2, 0.25) is 5.91 Å². The molecule has 0 saturated heterocycles. The van der Waals surface area contributed by atoms with Crippen LogP contribution in [0.25, 0.3) is 16.2 Å². The summed E-state index contributed by atoms with van der Waals surface area (Å²) in [7, 11) is 0. The molecular weight excluding hydrogens is 352 g/mol. The highest BCUT2D eigenvalue weighted by atomic mass is 32.1. The number of fused-ring (bicyclic) bond motifs is 3. The molecule has 0 bridgehead atoms. The van der Waals surface area contributed by atoms with Gasteiger partial charge in [-0.2, -0.15) is 0 Å². The number of thiophene rings is 1. The molecule has 3 aromatic rings. The standard InChI is InChI=1S/C23H24N2OS/c1-3-25-13-7-10-18-20(25)11-12-21-23(18)19(15-24-16(2)26)22(27-21)14-17-8-5-4-6-9-17/h4-12H,3,13-15H2,1-2H3,(H,24,26). The summed E-state index contributed by atoms with van der Waals surface area (Å²) < 4.78 is 1.29. The van der Waals surface area contributed by atoms with E-state index in [0.717, 1.165) is 19.5 Å². The van der Waals surface area contributed by atoms with Gasteiger partial charge in [0.1, 0.15) is 0 Å². The van der Waals surface area contributed by atoms with E-state index in [0.29, 0.717) is 6.54 Å². The second-order valence-electron chi connectivity index (χ2n) is 6.89. The maximum Gasteiger partial charge on any atom is 0.217 e. The zero-order valence-electron chi connectivity index (χ0n) is 15.8. The van der Waals surface area contributed by atoms with Crippen molar-refractivity contribution in [2.24, 2.45) is 0 Å². The number of carbonyl (C=O) groups excluding carboxylic acids is 1. The molecule has 1 aliphatic heterocycles. The third kappa shape index (κ3) is 3.50. The van der Waals surface area contributed by atoms with E-state index in [1.165, 1.54) is 37.3 Å². The highest BCUT2D eigenvalue weighted by Gasteiger charge is 2.20. The summed E-state index contributed by atoms with van der Waals surface area (Å²) in [6, 6.07) is 15.0. The fourth-order valence-electron chi connectivity index (χ4n) is 3.78. The molecule has 4 heteroatoms. The van der Waals surface area contributed by atoms with E-state index in [1.807, 2.05) is 17.4 Å². The van der Waals surface area contributed by atoms with Gasteiger partial charge >= 0.3 is 0 Å². The third-order valence-corrected chi connectivity index (χ3v) is 6.31. The van der Waals surface area contributed by atoms with E-state index in [9.17, 15) is 4.79 Å². The van der Waals surface area contributed by atoms with Crippen molar-refractivity contribution in [3.05, 3.63) is 70.1 Å². The summed E-state index contributed by atoms with van der Waals surface area (Å²) in [4.78, 5) is 15.3. The van der Waals surface area contributed by atoms with Crippen LogP contribution in [0.2, 0.25) is 0 Å². The van der Waals surface area contributed by atoms with Gasteiger partial charge in [-0.25, -0.2) is 0 Å². The first-order chi connectivity index (χ1) is 13.2. The molecule has 0 aliphatic carbocycles. The molecule has 1 amide bonds. The van der Waals surface area contributed by atoms with Crippen LogP contribution in [0.3, 0.4) is 0 Å². The fourth-order valence-corrected chi connectivity index (χ4v) is 5.06. The predicted molar refractivity (Wildman–Crippen MR) is 116 cm³/mol. The highest BCUT2D eigenvalue weighted by Crippen LogP contribution is 2.41. The van der Waals surface area contributed by atoms with Gasteiger partial charge in [-0.05, 0) is 30.2 Å². The van der Waals surface area contributed by atoms with Gasteiger partial charge in [-0.15, -0.1) is 11.3 Å². The van der Waals surface area contributed by atoms with Gasteiger partial charge in [0.15, 0.2) is 0 Å². The van der Waals surface area contributed by atoms with Crippen LogP contribution in [-0.4, -0.2) is 19.0 Å². The summed E-state index contributed by atoms with van der Waals surface area (Å²) >= 11 is 1.85. The van der Waals surface area contributed by atoms with Gasteiger partial charge in [-0.3, -0.25) is 4.79 Å². The number of nitrogens with one attached hydrogen (secondary N) is 1. The van der Waals surface area contributed by atoms with Gasteiger partial charge in [0.25, 0.3) is 0 Å². The van der Waals surface area contributed by atoms with Crippen LogP contribution in [0.4, 0.5) is 5.69 Å². The van der Waals surface area contributed by atoms with Crippen LogP contribution in [-0.2, 0) is 17.8 Å². The lowest BCUT2D eigenvalue weighted by molar-refractivity contribution is -0.119. The first-order valence-corrected chi connectivity index (χ1v) is 10.3. The van der Waals surface area contributed by atoms with Crippen LogP contribution < -0.4 is 10.2 Å². The lowest BCUT2D eigenvalue weighted by atomic mass is 9.98. The van der Waals surface area contributed by atoms with E-state index in [4.69, 9.17) is 0 Å². The summed E-state index contributed by atoms with van der Waals surface area (Å²) in [5.41, 5.74) is 5.14. The molecule has 0 unspecified atom stereocenters. The van der Waals surface area contributed by atoms with Crippen LogP contribution in [0.1, 0.15) is 35.4 Å². The molecule has 3 nitrogen and oxygen atoms in total. The van der Waals surface area contributed by atoms with Crippen LogP contribution in [0.15, 0.2) is 48.5 Å². The van der Waals surface area contributed by atoms with Gasteiger partial charge in [0, 0.05) is 59.2 Å². The summed E-state index contributed by atoms with van der Waals surface area (Å²) in [5, 5.41) is 4.33. The number of hydrogen-bond acceptors (Lipinski definition) is 3. The van der Waals surface area contributed by atoms with E-state index in [2.05, 4.69) is 65.7 Å². The number of anilines is 1. The minimum atomic E-state index is 0.00976. The molecule has 2 aromatic carbocycles. The third-order valence-electron chi connectivity index (χ3n) is 5.11. The largest absolute Gasteiger partial charge is 0.368 e. The minimum absolute atomic E-state index is 0.00976. The normalized spacial score (nSPS) is 13.0. The monoisotopic (exact) mass is 376 g/mol. The Kier molecular flexibility index (Phi) is 4.99. The molecule has 0 atom stereocenters. The minimum Gasteiger partial charge on any atom is -0.368 e. The zero-order chi connectivity index (χ0) is 18.8. The van der Waals surface area contributed by atoms with Crippen molar-refractivity contribution in [2.45, 2.75) is 26.8 Å². The molecule has 4 rings (SSSR count). The maximum absolute atomic E-state index is 11.6. The Morgan fingerprint density at radius 1 is 1.19 bits per heavy atom. The van der Waals surface area contributed by atoms with Gasteiger partial charge < -0.3 is 10.2 Å². The second kappa shape index (κ2) is 7.57. The number of likely N-dealkylation sites (N-methyl/N-ethyl adjacent to an activating group) is 1. The number of carbonyl (C=O) groups is 1. The van der Waals surface area contributed by atoms with E-state index in [-0.39, 0.29) is 5.91 Å². The fraction of sp³-hybridized carbons (Fsp3) is 0.261. The molecule has 0 spiro atoms. The molecule has 2 heterocycles. The number of hydrogen-bond donors (Lipinski definition) is 1. The molecule has 0 fully saturated rings. The molecular formula is C23H24N2OS. The Hall–Kier alpha value is -2.59. The first kappa shape index (κ1) is 17.8. The first-order valence-electron chi connectivity index (χ1n) is 9.44. The smallest absolute Gasteiger partial charge is 0.217 e. The Morgan fingerprint density at radius 3 is 2.74 bits per heavy atom. The summed E-state index contributed by atoms with van der Waals surface area (Å²) in [6.45, 7) is 6.30. The Labute approximate surface area is 164 Å². The van der Waals surface area contributed by atoms with Crippen molar-refractivity contribution in [1.29, 1.82) is 0 Å². The lowest BCUT2D eigenvalue weighted by Crippen LogP contribution is -2.25. The Balaban J connectivity index is 1.86. The van der Waals surface area contributed by atoms with Crippen molar-refractivity contribution in [3.8, 4) is 0 Å². The van der Waals surface area contributed by atoms with Crippen LogP contribution in [0, 0.1) is 0 Å². The van der Waals surface area contributed by atoms with Crippen molar-refractivity contribution >= 4 is 39.1 Å². The molecule has 0 saturated carbocycles. The molecule has 1 aliphatic rings. The maximum atomic E-state index is 11.6. The number of nitrogens with zero attached hydrogens (tertiary/aromatic N) is 1. The average molecular weight is 377 g/mol. The Bertz CT molecular complexity index is 1000. The topological polar surface area (TPSA) is 32.3 Å².